The molecule has 3 rings (SSSR count). The fraction of sp³-hybridized carbons (Fsp3) is 0.435. The normalized spacial score (nSPS) is 17.1. The molecule has 0 aliphatic carbocycles. The molecule has 150 valence electrons. The molecule has 0 aromatic heterocycles. The summed E-state index contributed by atoms with van der Waals surface area (Å²) in [5, 5.41) is 3.02. The number of ether oxygens (including phenoxy) is 2. The van der Waals surface area contributed by atoms with Gasteiger partial charge in [0, 0.05) is 19.6 Å². The smallest absolute Gasteiger partial charge is 0.257 e. The van der Waals surface area contributed by atoms with Gasteiger partial charge in [-0.25, -0.2) is 0 Å². The molecule has 0 radical (unpaired) electrons. The molecule has 1 heterocycles. The number of nitrogens with one attached hydrogen (secondary N) is 1. The van der Waals surface area contributed by atoms with Crippen molar-refractivity contribution in [2.45, 2.75) is 26.3 Å². The van der Waals surface area contributed by atoms with Crippen molar-refractivity contribution in [3.05, 3.63) is 59.7 Å². The number of nitrogens with zero attached hydrogens (tertiary/aromatic N) is 1. The highest BCUT2D eigenvalue weighted by Crippen LogP contribution is 2.25. The first-order valence-electron chi connectivity index (χ1n) is 9.94. The van der Waals surface area contributed by atoms with Crippen LogP contribution in [0.4, 0.5) is 0 Å². The van der Waals surface area contributed by atoms with Crippen LogP contribution in [-0.4, -0.2) is 44.2 Å². The molecule has 1 aliphatic heterocycles. The molecule has 1 amide bonds. The molecular weight excluding hydrogens is 352 g/mol. The van der Waals surface area contributed by atoms with Gasteiger partial charge in [-0.3, -0.25) is 9.69 Å². The Morgan fingerprint density at radius 3 is 2.79 bits per heavy atom. The fourth-order valence-corrected chi connectivity index (χ4v) is 3.72. The number of benzene rings is 2. The predicted octanol–water partition coefficient (Wildman–Crippen LogP) is 3.41. The van der Waals surface area contributed by atoms with Gasteiger partial charge in [-0.1, -0.05) is 42.0 Å². The van der Waals surface area contributed by atoms with Gasteiger partial charge in [0.1, 0.15) is 0 Å². The lowest BCUT2D eigenvalue weighted by atomic mass is 9.97. The molecule has 1 fully saturated rings. The molecule has 28 heavy (non-hydrogen) atoms. The minimum Gasteiger partial charge on any atom is -0.493 e. The van der Waals surface area contributed by atoms with E-state index in [1.165, 1.54) is 17.5 Å². The summed E-state index contributed by atoms with van der Waals surface area (Å²) in [5.74, 6) is 1.60. The van der Waals surface area contributed by atoms with Crippen LogP contribution in [0.15, 0.2) is 48.5 Å². The molecule has 5 nitrogen and oxygen atoms in total. The fourth-order valence-electron chi connectivity index (χ4n) is 3.72. The van der Waals surface area contributed by atoms with Crippen LogP contribution in [0, 0.1) is 12.8 Å². The van der Waals surface area contributed by atoms with Crippen molar-refractivity contribution in [2.24, 2.45) is 5.92 Å². The second kappa shape index (κ2) is 10.1. The number of aryl methyl sites for hydroxylation is 1. The summed E-state index contributed by atoms with van der Waals surface area (Å²) in [4.78, 5) is 14.7. The van der Waals surface area contributed by atoms with Gasteiger partial charge < -0.3 is 14.8 Å². The highest BCUT2D eigenvalue weighted by molar-refractivity contribution is 5.77. The van der Waals surface area contributed by atoms with E-state index in [9.17, 15) is 4.79 Å². The van der Waals surface area contributed by atoms with E-state index in [1.807, 2.05) is 18.2 Å². The third-order valence-corrected chi connectivity index (χ3v) is 5.11. The first-order chi connectivity index (χ1) is 13.6. The van der Waals surface area contributed by atoms with Crippen LogP contribution in [0.2, 0.25) is 0 Å². The summed E-state index contributed by atoms with van der Waals surface area (Å²) in [6, 6.07) is 16.0. The summed E-state index contributed by atoms with van der Waals surface area (Å²) in [5.41, 5.74) is 2.66. The van der Waals surface area contributed by atoms with Crippen LogP contribution in [0.1, 0.15) is 24.0 Å². The lowest BCUT2D eigenvalue weighted by Crippen LogP contribution is -2.41. The third-order valence-electron chi connectivity index (χ3n) is 5.11. The number of amides is 1. The first-order valence-corrected chi connectivity index (χ1v) is 9.94. The molecule has 1 aliphatic rings. The lowest BCUT2D eigenvalue weighted by molar-refractivity contribution is -0.123. The van der Waals surface area contributed by atoms with Crippen LogP contribution in [0.25, 0.3) is 0 Å². The molecule has 0 unspecified atom stereocenters. The maximum Gasteiger partial charge on any atom is 0.257 e. The van der Waals surface area contributed by atoms with Gasteiger partial charge in [-0.05, 0) is 49.9 Å². The van der Waals surface area contributed by atoms with Crippen molar-refractivity contribution >= 4 is 5.91 Å². The van der Waals surface area contributed by atoms with Gasteiger partial charge in [-0.15, -0.1) is 0 Å². The average molecular weight is 383 g/mol. The van der Waals surface area contributed by atoms with Gasteiger partial charge in [0.05, 0.1) is 7.11 Å². The number of piperidine rings is 1. The summed E-state index contributed by atoms with van der Waals surface area (Å²) in [6.07, 6.45) is 2.32. The van der Waals surface area contributed by atoms with E-state index in [-0.39, 0.29) is 12.5 Å². The van der Waals surface area contributed by atoms with Crippen molar-refractivity contribution in [2.75, 3.05) is 33.4 Å². The zero-order valence-electron chi connectivity index (χ0n) is 16.8. The largest absolute Gasteiger partial charge is 0.493 e. The highest BCUT2D eigenvalue weighted by atomic mass is 16.5. The van der Waals surface area contributed by atoms with E-state index in [2.05, 4.69) is 41.4 Å². The minimum atomic E-state index is -0.0956. The van der Waals surface area contributed by atoms with Crippen LogP contribution >= 0.6 is 0 Å². The Balaban J connectivity index is 1.41. The van der Waals surface area contributed by atoms with E-state index in [0.717, 1.165) is 26.1 Å². The SMILES string of the molecule is COc1ccccc1OCC(=O)NC[C@H]1CCCN(Cc2cccc(C)c2)C1. The molecule has 1 N–H and O–H groups in total. The number of carbonyl (C=O) groups is 1. The average Bonchev–Trinajstić information content (AvgIpc) is 2.71. The Kier molecular flexibility index (Phi) is 7.31. The van der Waals surface area contributed by atoms with Crippen LogP contribution in [0.5, 0.6) is 11.5 Å². The Morgan fingerprint density at radius 1 is 1.18 bits per heavy atom. The maximum atomic E-state index is 12.2. The van der Waals surface area contributed by atoms with Gasteiger partial charge >= 0.3 is 0 Å². The second-order valence-electron chi connectivity index (χ2n) is 7.48. The molecule has 0 spiro atoms. The molecular formula is C23H30N2O3. The molecule has 1 saturated heterocycles. The summed E-state index contributed by atoms with van der Waals surface area (Å²) < 4.78 is 10.8. The van der Waals surface area contributed by atoms with Gasteiger partial charge in [0.25, 0.3) is 5.91 Å². The summed E-state index contributed by atoms with van der Waals surface area (Å²) in [7, 11) is 1.59. The number of likely N-dealkylation sites (tertiary alicyclic amines) is 1. The quantitative estimate of drug-likeness (QED) is 0.760. The van der Waals surface area contributed by atoms with Crippen molar-refractivity contribution in [3.8, 4) is 11.5 Å². The minimum absolute atomic E-state index is 0.0000990. The van der Waals surface area contributed by atoms with Crippen molar-refractivity contribution in [1.29, 1.82) is 0 Å². The second-order valence-corrected chi connectivity index (χ2v) is 7.48. The van der Waals surface area contributed by atoms with Crippen molar-refractivity contribution < 1.29 is 14.3 Å². The van der Waals surface area contributed by atoms with E-state index in [0.29, 0.717) is 24.0 Å². The Morgan fingerprint density at radius 2 is 2.00 bits per heavy atom. The number of hydrogen-bond donors (Lipinski definition) is 1. The lowest BCUT2D eigenvalue weighted by Gasteiger charge is -2.33. The number of hydrogen-bond acceptors (Lipinski definition) is 4. The molecule has 2 aromatic rings. The summed E-state index contributed by atoms with van der Waals surface area (Å²) in [6.45, 7) is 5.93. The molecule has 0 bridgehead atoms. The van der Waals surface area contributed by atoms with Crippen LogP contribution < -0.4 is 14.8 Å². The number of para-hydroxylation sites is 2. The van der Waals surface area contributed by atoms with E-state index in [1.54, 1.807) is 13.2 Å². The van der Waals surface area contributed by atoms with Gasteiger partial charge in [0.2, 0.25) is 0 Å². The Bertz CT molecular complexity index is 778. The van der Waals surface area contributed by atoms with Crippen LogP contribution in [-0.2, 0) is 11.3 Å². The molecule has 5 heteroatoms. The van der Waals surface area contributed by atoms with E-state index < -0.39 is 0 Å². The van der Waals surface area contributed by atoms with Gasteiger partial charge in [0.15, 0.2) is 18.1 Å². The number of carbonyl (C=O) groups excluding carboxylic acids is 1. The van der Waals surface area contributed by atoms with Crippen molar-refractivity contribution in [1.82, 2.24) is 10.2 Å². The molecule has 0 saturated carbocycles. The zero-order chi connectivity index (χ0) is 19.8. The van der Waals surface area contributed by atoms with Crippen molar-refractivity contribution in [3.63, 3.8) is 0 Å². The zero-order valence-corrected chi connectivity index (χ0v) is 16.8. The Hall–Kier alpha value is -2.53. The number of methoxy groups -OCH3 is 1. The standard InChI is InChI=1S/C23H30N2O3/c1-18-7-5-8-19(13-18)15-25-12-6-9-20(16-25)14-24-23(26)17-28-22-11-4-3-10-21(22)27-2/h3-5,7-8,10-11,13,20H,6,9,12,14-17H2,1-2H3,(H,24,26)/t20-/m1/s1. The van der Waals surface area contributed by atoms with E-state index in [4.69, 9.17) is 9.47 Å². The van der Waals surface area contributed by atoms with E-state index >= 15 is 0 Å². The number of rotatable bonds is 8. The third kappa shape index (κ3) is 5.99. The maximum absolute atomic E-state index is 12.2. The van der Waals surface area contributed by atoms with Crippen LogP contribution in [0.3, 0.4) is 0 Å². The first kappa shape index (κ1) is 20.2. The molecule has 2 aromatic carbocycles. The van der Waals surface area contributed by atoms with Gasteiger partial charge in [-0.2, -0.15) is 0 Å². The topological polar surface area (TPSA) is 50.8 Å². The molecule has 1 atom stereocenters. The predicted molar refractivity (Wildman–Crippen MR) is 111 cm³/mol. The monoisotopic (exact) mass is 382 g/mol. The Labute approximate surface area is 167 Å². The summed E-state index contributed by atoms with van der Waals surface area (Å²) >= 11 is 0. The highest BCUT2D eigenvalue weighted by Gasteiger charge is 2.20.